The van der Waals surface area contributed by atoms with Gasteiger partial charge < -0.3 is 0 Å². The van der Waals surface area contributed by atoms with Gasteiger partial charge in [-0.3, -0.25) is 0 Å². The molecule has 0 radical (unpaired) electrons. The van der Waals surface area contributed by atoms with Crippen molar-refractivity contribution in [3.8, 4) is 28.5 Å². The summed E-state index contributed by atoms with van der Waals surface area (Å²) in [4.78, 5) is 4.80. The number of nitrogens with zero attached hydrogens (tertiary/aromatic N) is 2. The average Bonchev–Trinajstić information content (AvgIpc) is 2.79. The molecular weight excluding hydrogens is 502 g/mol. The number of thioether (sulfide) groups is 1. The lowest BCUT2D eigenvalue weighted by atomic mass is 9.99. The molecule has 0 amide bonds. The maximum atomic E-state index is 10.0. The molecular formula is C25H14Cl4N2S. The third kappa shape index (κ3) is 5.07. The molecule has 0 unspecified atom stereocenters. The van der Waals surface area contributed by atoms with Gasteiger partial charge in [-0.15, -0.1) is 11.8 Å². The highest BCUT2D eigenvalue weighted by Crippen LogP contribution is 2.38. The summed E-state index contributed by atoms with van der Waals surface area (Å²) in [7, 11) is 0. The van der Waals surface area contributed by atoms with Crippen molar-refractivity contribution in [2.75, 3.05) is 0 Å². The molecule has 0 atom stereocenters. The van der Waals surface area contributed by atoms with E-state index in [2.05, 4.69) is 6.07 Å². The molecule has 0 aliphatic heterocycles. The first-order valence-corrected chi connectivity index (χ1v) is 12.0. The first-order valence-electron chi connectivity index (χ1n) is 9.49. The molecule has 0 saturated carbocycles. The Morgan fingerprint density at radius 1 is 0.781 bits per heavy atom. The summed E-state index contributed by atoms with van der Waals surface area (Å²) in [5.41, 5.74) is 4.50. The quantitative estimate of drug-likeness (QED) is 0.248. The van der Waals surface area contributed by atoms with Crippen molar-refractivity contribution in [3.63, 3.8) is 0 Å². The predicted molar refractivity (Wildman–Crippen MR) is 136 cm³/mol. The van der Waals surface area contributed by atoms with E-state index in [0.717, 1.165) is 22.3 Å². The molecule has 0 N–H and O–H groups in total. The molecule has 3 aromatic carbocycles. The molecule has 0 bridgehead atoms. The molecule has 158 valence electrons. The largest absolute Gasteiger partial charge is 0.240 e. The van der Waals surface area contributed by atoms with E-state index >= 15 is 0 Å². The Balaban J connectivity index is 1.84. The van der Waals surface area contributed by atoms with Gasteiger partial charge in [-0.25, -0.2) is 4.98 Å². The topological polar surface area (TPSA) is 36.7 Å². The molecule has 4 aromatic rings. The van der Waals surface area contributed by atoms with Gasteiger partial charge in [-0.2, -0.15) is 5.26 Å². The Morgan fingerprint density at radius 2 is 1.50 bits per heavy atom. The Labute approximate surface area is 210 Å². The Bertz CT molecular complexity index is 1330. The van der Waals surface area contributed by atoms with Crippen LogP contribution in [0.25, 0.3) is 22.4 Å². The van der Waals surface area contributed by atoms with E-state index in [0.29, 0.717) is 42.1 Å². The minimum atomic E-state index is 0.484. The standard InChI is InChI=1S/C25H14Cl4N2S/c26-17-8-5-15(6-9-17)20-12-24(19-3-1-2-4-22(19)28)31-25(21(20)13-30)32-14-16-7-10-18(27)11-23(16)29/h1-12H,14H2. The highest BCUT2D eigenvalue weighted by atomic mass is 35.5. The van der Waals surface area contributed by atoms with Gasteiger partial charge in [-0.1, -0.05) is 82.8 Å². The smallest absolute Gasteiger partial charge is 0.115 e. The Morgan fingerprint density at radius 3 is 2.19 bits per heavy atom. The van der Waals surface area contributed by atoms with Crippen LogP contribution in [0.15, 0.2) is 77.8 Å². The van der Waals surface area contributed by atoms with Crippen LogP contribution in [-0.2, 0) is 5.75 Å². The number of hydrogen-bond acceptors (Lipinski definition) is 3. The second kappa shape index (κ2) is 10.2. The average molecular weight is 516 g/mol. The monoisotopic (exact) mass is 514 g/mol. The summed E-state index contributed by atoms with van der Waals surface area (Å²) in [5, 5.41) is 13.0. The van der Waals surface area contributed by atoms with Crippen LogP contribution in [0.2, 0.25) is 20.1 Å². The summed E-state index contributed by atoms with van der Waals surface area (Å²) < 4.78 is 0. The first kappa shape index (κ1) is 23.0. The van der Waals surface area contributed by atoms with Gasteiger partial charge in [0, 0.05) is 37.0 Å². The molecule has 0 aliphatic rings. The predicted octanol–water partition coefficient (Wildman–Crippen LogP) is 9.19. The van der Waals surface area contributed by atoms with E-state index in [9.17, 15) is 5.26 Å². The zero-order valence-corrected chi connectivity index (χ0v) is 20.3. The van der Waals surface area contributed by atoms with Crippen LogP contribution < -0.4 is 0 Å². The molecule has 1 heterocycles. The maximum absolute atomic E-state index is 10.0. The molecule has 32 heavy (non-hydrogen) atoms. The van der Waals surface area contributed by atoms with Gasteiger partial charge in [0.25, 0.3) is 0 Å². The Hall–Kier alpha value is -2.19. The van der Waals surface area contributed by atoms with Crippen LogP contribution in [0.1, 0.15) is 11.1 Å². The second-order valence-corrected chi connectivity index (χ2v) is 9.51. The molecule has 4 rings (SSSR count). The highest BCUT2D eigenvalue weighted by Gasteiger charge is 2.17. The maximum Gasteiger partial charge on any atom is 0.115 e. The van der Waals surface area contributed by atoms with Gasteiger partial charge in [0.15, 0.2) is 0 Å². The van der Waals surface area contributed by atoms with E-state index in [-0.39, 0.29) is 0 Å². The van der Waals surface area contributed by atoms with Crippen LogP contribution in [-0.4, -0.2) is 4.98 Å². The fraction of sp³-hybridized carbons (Fsp3) is 0.0400. The van der Waals surface area contributed by atoms with Gasteiger partial charge in [0.1, 0.15) is 11.1 Å². The number of halogens is 4. The molecule has 7 heteroatoms. The van der Waals surface area contributed by atoms with E-state index in [4.69, 9.17) is 51.4 Å². The van der Waals surface area contributed by atoms with Crippen molar-refractivity contribution >= 4 is 58.2 Å². The lowest BCUT2D eigenvalue weighted by Gasteiger charge is -2.14. The summed E-state index contributed by atoms with van der Waals surface area (Å²) >= 11 is 26.3. The number of aromatic nitrogens is 1. The second-order valence-electron chi connectivity index (χ2n) is 6.86. The fourth-order valence-corrected chi connectivity index (χ4v) is 5.10. The summed E-state index contributed by atoms with van der Waals surface area (Å²) in [6, 6.07) is 24.5. The third-order valence-electron chi connectivity index (χ3n) is 4.78. The third-order valence-corrected chi connectivity index (χ3v) is 6.98. The van der Waals surface area contributed by atoms with Gasteiger partial charge in [0.05, 0.1) is 11.3 Å². The van der Waals surface area contributed by atoms with Crippen LogP contribution in [0.3, 0.4) is 0 Å². The first-order chi connectivity index (χ1) is 15.5. The number of rotatable bonds is 5. The molecule has 0 aliphatic carbocycles. The molecule has 2 nitrogen and oxygen atoms in total. The van der Waals surface area contributed by atoms with E-state index in [1.807, 2.05) is 48.5 Å². The fourth-order valence-electron chi connectivity index (χ4n) is 3.18. The van der Waals surface area contributed by atoms with E-state index in [1.165, 1.54) is 11.8 Å². The highest BCUT2D eigenvalue weighted by molar-refractivity contribution is 7.98. The zero-order chi connectivity index (χ0) is 22.7. The van der Waals surface area contributed by atoms with Crippen LogP contribution >= 0.6 is 58.2 Å². The van der Waals surface area contributed by atoms with Crippen molar-refractivity contribution in [1.29, 1.82) is 5.26 Å². The zero-order valence-electron chi connectivity index (χ0n) is 16.4. The normalized spacial score (nSPS) is 10.7. The minimum Gasteiger partial charge on any atom is -0.240 e. The Kier molecular flexibility index (Phi) is 7.30. The van der Waals surface area contributed by atoms with Gasteiger partial charge in [-0.05, 0) is 47.5 Å². The van der Waals surface area contributed by atoms with Crippen molar-refractivity contribution in [3.05, 3.63) is 104 Å². The lowest BCUT2D eigenvalue weighted by Crippen LogP contribution is -1.97. The molecule has 1 aromatic heterocycles. The molecule has 0 spiro atoms. The van der Waals surface area contributed by atoms with Crippen LogP contribution in [0.4, 0.5) is 0 Å². The van der Waals surface area contributed by atoms with E-state index < -0.39 is 0 Å². The van der Waals surface area contributed by atoms with E-state index in [1.54, 1.807) is 24.3 Å². The summed E-state index contributed by atoms with van der Waals surface area (Å²) in [6.45, 7) is 0. The van der Waals surface area contributed by atoms with Crippen molar-refractivity contribution in [1.82, 2.24) is 4.98 Å². The number of pyridine rings is 1. The van der Waals surface area contributed by atoms with Crippen molar-refractivity contribution in [2.45, 2.75) is 10.8 Å². The number of nitriles is 1. The summed E-state index contributed by atoms with van der Waals surface area (Å²) in [5.74, 6) is 0.531. The van der Waals surface area contributed by atoms with Crippen LogP contribution in [0.5, 0.6) is 0 Å². The van der Waals surface area contributed by atoms with Crippen molar-refractivity contribution in [2.24, 2.45) is 0 Å². The minimum absolute atomic E-state index is 0.484. The van der Waals surface area contributed by atoms with Gasteiger partial charge in [0.2, 0.25) is 0 Å². The van der Waals surface area contributed by atoms with Gasteiger partial charge >= 0.3 is 0 Å². The lowest BCUT2D eigenvalue weighted by molar-refractivity contribution is 1.12. The summed E-state index contributed by atoms with van der Waals surface area (Å²) in [6.07, 6.45) is 0. The number of hydrogen-bond donors (Lipinski definition) is 0. The molecule has 0 fully saturated rings. The molecule has 0 saturated heterocycles. The van der Waals surface area contributed by atoms with Crippen molar-refractivity contribution < 1.29 is 0 Å². The van der Waals surface area contributed by atoms with Crippen LogP contribution in [0, 0.1) is 11.3 Å². The number of benzene rings is 3. The SMILES string of the molecule is N#Cc1c(-c2ccc(Cl)cc2)cc(-c2ccccc2Cl)nc1SCc1ccc(Cl)cc1Cl.